The van der Waals surface area contributed by atoms with Gasteiger partial charge in [-0.2, -0.15) is 0 Å². The summed E-state index contributed by atoms with van der Waals surface area (Å²) in [6.07, 6.45) is 9.02. The van der Waals surface area contributed by atoms with Crippen LogP contribution in [-0.2, 0) is 9.53 Å². The van der Waals surface area contributed by atoms with Crippen molar-refractivity contribution in [3.63, 3.8) is 0 Å². The molecule has 2 aliphatic rings. The number of piperidine rings is 1. The second-order valence-electron chi connectivity index (χ2n) is 6.52. The molecule has 2 rings (SSSR count). The van der Waals surface area contributed by atoms with Gasteiger partial charge >= 0.3 is 5.97 Å². The van der Waals surface area contributed by atoms with Crippen LogP contribution in [0.25, 0.3) is 0 Å². The van der Waals surface area contributed by atoms with Crippen molar-refractivity contribution in [2.45, 2.75) is 71.3 Å². The monoisotopic (exact) mass is 267 g/mol. The number of rotatable bonds is 4. The van der Waals surface area contributed by atoms with Crippen molar-refractivity contribution < 1.29 is 9.53 Å². The summed E-state index contributed by atoms with van der Waals surface area (Å²) in [5.41, 5.74) is -0.246. The van der Waals surface area contributed by atoms with Crippen LogP contribution in [0.15, 0.2) is 0 Å². The van der Waals surface area contributed by atoms with E-state index >= 15 is 0 Å². The highest BCUT2D eigenvalue weighted by Crippen LogP contribution is 2.35. The van der Waals surface area contributed by atoms with E-state index in [-0.39, 0.29) is 17.5 Å². The Kier molecular flexibility index (Phi) is 5.26. The number of carbonyl (C=O) groups excluding carboxylic acids is 1. The normalized spacial score (nSPS) is 35.9. The third-order valence-electron chi connectivity index (χ3n) is 4.93. The van der Waals surface area contributed by atoms with Crippen molar-refractivity contribution >= 4 is 5.97 Å². The minimum absolute atomic E-state index is 0.0697. The third-order valence-corrected chi connectivity index (χ3v) is 4.93. The summed E-state index contributed by atoms with van der Waals surface area (Å²) < 4.78 is 5.92. The largest absolute Gasteiger partial charge is 0.462 e. The molecule has 3 nitrogen and oxygen atoms in total. The summed E-state index contributed by atoms with van der Waals surface area (Å²) in [6, 6.07) is 0. The van der Waals surface area contributed by atoms with Crippen LogP contribution in [0.3, 0.4) is 0 Å². The van der Waals surface area contributed by atoms with E-state index in [9.17, 15) is 4.79 Å². The van der Waals surface area contributed by atoms with Gasteiger partial charge in [0.1, 0.15) is 6.10 Å². The van der Waals surface area contributed by atoms with E-state index in [2.05, 4.69) is 19.2 Å². The van der Waals surface area contributed by atoms with Gasteiger partial charge in [-0.05, 0) is 51.0 Å². The highest BCUT2D eigenvalue weighted by molar-refractivity contribution is 5.77. The van der Waals surface area contributed by atoms with Crippen LogP contribution < -0.4 is 5.32 Å². The van der Waals surface area contributed by atoms with Gasteiger partial charge < -0.3 is 10.1 Å². The Morgan fingerprint density at radius 1 is 1.32 bits per heavy atom. The smallest absolute Gasteiger partial charge is 0.313 e. The molecule has 1 heterocycles. The Morgan fingerprint density at radius 3 is 2.74 bits per heavy atom. The first-order chi connectivity index (χ1) is 9.18. The summed E-state index contributed by atoms with van der Waals surface area (Å²) >= 11 is 0. The van der Waals surface area contributed by atoms with Gasteiger partial charge in [0.2, 0.25) is 0 Å². The molecule has 3 unspecified atom stereocenters. The number of esters is 1. The van der Waals surface area contributed by atoms with Crippen LogP contribution in [0, 0.1) is 11.3 Å². The molecule has 0 aromatic carbocycles. The van der Waals surface area contributed by atoms with E-state index in [1.54, 1.807) is 0 Å². The molecule has 0 aromatic heterocycles. The van der Waals surface area contributed by atoms with Gasteiger partial charge in [0.05, 0.1) is 5.41 Å². The summed E-state index contributed by atoms with van der Waals surface area (Å²) in [4.78, 5) is 12.7. The van der Waals surface area contributed by atoms with Crippen LogP contribution in [0.4, 0.5) is 0 Å². The van der Waals surface area contributed by atoms with Crippen LogP contribution >= 0.6 is 0 Å². The maximum atomic E-state index is 12.7. The Bertz CT molecular complexity index is 292. The molecule has 0 aromatic rings. The molecule has 0 radical (unpaired) electrons. The van der Waals surface area contributed by atoms with Crippen LogP contribution in [0.5, 0.6) is 0 Å². The van der Waals surface area contributed by atoms with Crippen molar-refractivity contribution in [3.05, 3.63) is 0 Å². The van der Waals surface area contributed by atoms with E-state index in [1.165, 1.54) is 19.3 Å². The molecule has 1 saturated carbocycles. The molecule has 1 aliphatic heterocycles. The quantitative estimate of drug-likeness (QED) is 0.794. The lowest BCUT2D eigenvalue weighted by Crippen LogP contribution is -2.48. The topological polar surface area (TPSA) is 38.3 Å². The zero-order chi connectivity index (χ0) is 13.7. The number of ether oxygens (including phenoxy) is 1. The highest BCUT2D eigenvalue weighted by Gasteiger charge is 2.41. The number of carbonyl (C=O) groups is 1. The van der Waals surface area contributed by atoms with Gasteiger partial charge in [0.25, 0.3) is 0 Å². The molecular weight excluding hydrogens is 238 g/mol. The van der Waals surface area contributed by atoms with E-state index < -0.39 is 0 Å². The molecule has 0 spiro atoms. The minimum Gasteiger partial charge on any atom is -0.462 e. The van der Waals surface area contributed by atoms with Crippen LogP contribution in [-0.4, -0.2) is 25.2 Å². The van der Waals surface area contributed by atoms with E-state index in [1.807, 2.05) is 0 Å². The van der Waals surface area contributed by atoms with Gasteiger partial charge in [-0.25, -0.2) is 0 Å². The van der Waals surface area contributed by atoms with Crippen molar-refractivity contribution in [1.82, 2.24) is 5.32 Å². The molecule has 0 bridgehead atoms. The Balaban J connectivity index is 1.98. The molecule has 1 N–H and O–H groups in total. The van der Waals surface area contributed by atoms with E-state index in [0.717, 1.165) is 45.2 Å². The summed E-state index contributed by atoms with van der Waals surface area (Å²) in [5.74, 6) is 0.605. The van der Waals surface area contributed by atoms with E-state index in [0.29, 0.717) is 5.92 Å². The lowest BCUT2D eigenvalue weighted by atomic mass is 9.77. The predicted octanol–water partition coefficient (Wildman–Crippen LogP) is 3.28. The first kappa shape index (κ1) is 14.8. The van der Waals surface area contributed by atoms with Crippen molar-refractivity contribution in [2.24, 2.45) is 11.3 Å². The Morgan fingerprint density at radius 2 is 2.11 bits per heavy atom. The first-order valence-corrected chi connectivity index (χ1v) is 8.10. The van der Waals surface area contributed by atoms with Gasteiger partial charge in [-0.1, -0.05) is 26.7 Å². The lowest BCUT2D eigenvalue weighted by Gasteiger charge is -2.38. The predicted molar refractivity (Wildman–Crippen MR) is 77.0 cm³/mol. The van der Waals surface area contributed by atoms with Gasteiger partial charge in [0.15, 0.2) is 0 Å². The molecule has 0 amide bonds. The fraction of sp³-hybridized carbons (Fsp3) is 0.938. The molecular formula is C16H29NO2. The zero-order valence-corrected chi connectivity index (χ0v) is 12.5. The molecule has 3 atom stereocenters. The Hall–Kier alpha value is -0.570. The average molecular weight is 267 g/mol. The van der Waals surface area contributed by atoms with Crippen molar-refractivity contribution in [2.75, 3.05) is 13.1 Å². The third kappa shape index (κ3) is 3.50. The summed E-state index contributed by atoms with van der Waals surface area (Å²) in [6.45, 7) is 6.23. The molecule has 2 fully saturated rings. The fourth-order valence-corrected chi connectivity index (χ4v) is 3.66. The maximum Gasteiger partial charge on any atom is 0.313 e. The molecule has 3 heteroatoms. The minimum atomic E-state index is -0.246. The second-order valence-corrected chi connectivity index (χ2v) is 6.52. The Labute approximate surface area is 117 Å². The molecule has 1 saturated heterocycles. The zero-order valence-electron chi connectivity index (χ0n) is 12.5. The molecule has 110 valence electrons. The van der Waals surface area contributed by atoms with Crippen LogP contribution in [0.1, 0.15) is 65.2 Å². The van der Waals surface area contributed by atoms with Crippen LogP contribution in [0.2, 0.25) is 0 Å². The maximum absolute atomic E-state index is 12.7. The molecule has 19 heavy (non-hydrogen) atoms. The van der Waals surface area contributed by atoms with Crippen molar-refractivity contribution in [1.29, 1.82) is 0 Å². The average Bonchev–Trinajstić information content (AvgIpc) is 2.42. The fourth-order valence-electron chi connectivity index (χ4n) is 3.66. The highest BCUT2D eigenvalue weighted by atomic mass is 16.5. The second kappa shape index (κ2) is 6.74. The van der Waals surface area contributed by atoms with Gasteiger partial charge in [0, 0.05) is 6.54 Å². The van der Waals surface area contributed by atoms with Gasteiger partial charge in [-0.3, -0.25) is 4.79 Å². The molecule has 1 aliphatic carbocycles. The summed E-state index contributed by atoms with van der Waals surface area (Å²) in [7, 11) is 0. The number of hydrogen-bond donors (Lipinski definition) is 1. The van der Waals surface area contributed by atoms with E-state index in [4.69, 9.17) is 4.74 Å². The number of nitrogens with one attached hydrogen (secondary N) is 1. The summed E-state index contributed by atoms with van der Waals surface area (Å²) in [5, 5.41) is 3.39. The standard InChI is InChI=1S/C16H29NO2/c1-3-9-16(10-6-11-17-12-16)15(18)19-14-8-5-4-7-13(14)2/h13-14,17H,3-12H2,1-2H3. The SMILES string of the molecule is CCCC1(C(=O)OC2CCCCC2C)CCCNC1. The van der Waals surface area contributed by atoms with Crippen molar-refractivity contribution in [3.8, 4) is 0 Å². The first-order valence-electron chi connectivity index (χ1n) is 8.10. The lowest BCUT2D eigenvalue weighted by molar-refractivity contribution is -0.167. The number of hydrogen-bond acceptors (Lipinski definition) is 3. The van der Waals surface area contributed by atoms with Gasteiger partial charge in [-0.15, -0.1) is 0 Å².